The Morgan fingerprint density at radius 3 is 2.95 bits per heavy atom. The minimum absolute atomic E-state index is 0.378. The summed E-state index contributed by atoms with van der Waals surface area (Å²) in [6, 6.07) is 11.1. The van der Waals surface area contributed by atoms with Gasteiger partial charge in [0.05, 0.1) is 11.4 Å². The van der Waals surface area contributed by atoms with Gasteiger partial charge in [0, 0.05) is 18.2 Å². The number of rotatable bonds is 5. The Hall–Kier alpha value is -1.61. The lowest BCUT2D eigenvalue weighted by Gasteiger charge is -2.13. The highest BCUT2D eigenvalue weighted by Crippen LogP contribution is 2.39. The van der Waals surface area contributed by atoms with E-state index in [1.54, 1.807) is 0 Å². The van der Waals surface area contributed by atoms with Crippen molar-refractivity contribution >= 4 is 0 Å². The summed E-state index contributed by atoms with van der Waals surface area (Å²) < 4.78 is 2.00. The minimum Gasteiger partial charge on any atom is -0.310 e. The Morgan fingerprint density at radius 2 is 2.21 bits per heavy atom. The molecule has 0 amide bonds. The van der Waals surface area contributed by atoms with Crippen molar-refractivity contribution in [2.75, 3.05) is 6.54 Å². The molecule has 0 radical (unpaired) electrons. The largest absolute Gasteiger partial charge is 0.310 e. The Morgan fingerprint density at radius 1 is 1.37 bits per heavy atom. The molecular weight excluding hydrogens is 234 g/mol. The number of hydrogen-bond donors (Lipinski definition) is 1. The van der Waals surface area contributed by atoms with E-state index in [-0.39, 0.29) is 0 Å². The molecule has 1 heterocycles. The molecule has 0 bridgehead atoms. The van der Waals surface area contributed by atoms with Gasteiger partial charge in [0.1, 0.15) is 0 Å². The van der Waals surface area contributed by atoms with Gasteiger partial charge >= 0.3 is 0 Å². The average Bonchev–Trinajstić information content (AvgIpc) is 3.17. The van der Waals surface area contributed by atoms with Crippen molar-refractivity contribution in [3.8, 4) is 5.69 Å². The molecule has 0 spiro atoms. The van der Waals surface area contributed by atoms with Crippen LogP contribution in [-0.4, -0.2) is 16.3 Å². The molecule has 1 atom stereocenters. The first-order chi connectivity index (χ1) is 9.28. The van der Waals surface area contributed by atoms with E-state index in [9.17, 15) is 0 Å². The van der Waals surface area contributed by atoms with Gasteiger partial charge in [0.25, 0.3) is 0 Å². The van der Waals surface area contributed by atoms with E-state index >= 15 is 0 Å². The fraction of sp³-hybridized carbons (Fsp3) is 0.438. The summed E-state index contributed by atoms with van der Waals surface area (Å²) in [6.07, 6.45) is 4.67. The van der Waals surface area contributed by atoms with Crippen LogP contribution in [0.1, 0.15) is 49.9 Å². The second kappa shape index (κ2) is 5.17. The summed E-state index contributed by atoms with van der Waals surface area (Å²) >= 11 is 0. The highest BCUT2D eigenvalue weighted by molar-refractivity contribution is 5.37. The molecule has 3 heteroatoms. The van der Waals surface area contributed by atoms with Crippen molar-refractivity contribution < 1.29 is 0 Å². The van der Waals surface area contributed by atoms with E-state index in [0.717, 1.165) is 12.2 Å². The van der Waals surface area contributed by atoms with Crippen LogP contribution in [0, 0.1) is 0 Å². The molecule has 0 aliphatic heterocycles. The summed E-state index contributed by atoms with van der Waals surface area (Å²) in [4.78, 5) is 0. The van der Waals surface area contributed by atoms with Gasteiger partial charge < -0.3 is 5.32 Å². The van der Waals surface area contributed by atoms with Crippen LogP contribution in [0.5, 0.6) is 0 Å². The highest BCUT2D eigenvalue weighted by atomic mass is 15.3. The van der Waals surface area contributed by atoms with Crippen LogP contribution >= 0.6 is 0 Å². The van der Waals surface area contributed by atoms with Crippen molar-refractivity contribution in [2.24, 2.45) is 0 Å². The molecule has 3 rings (SSSR count). The Kier molecular flexibility index (Phi) is 3.38. The van der Waals surface area contributed by atoms with Crippen molar-refractivity contribution in [1.82, 2.24) is 15.1 Å². The van der Waals surface area contributed by atoms with Crippen LogP contribution in [-0.2, 0) is 0 Å². The molecule has 1 aliphatic carbocycles. The van der Waals surface area contributed by atoms with Gasteiger partial charge in [-0.3, -0.25) is 0 Å². The second-order valence-corrected chi connectivity index (χ2v) is 5.33. The van der Waals surface area contributed by atoms with Crippen LogP contribution < -0.4 is 5.32 Å². The first-order valence-electron chi connectivity index (χ1n) is 7.17. The van der Waals surface area contributed by atoms with Crippen LogP contribution in [0.4, 0.5) is 0 Å². The first kappa shape index (κ1) is 12.4. The zero-order valence-electron chi connectivity index (χ0n) is 11.6. The van der Waals surface area contributed by atoms with Crippen LogP contribution in [0.3, 0.4) is 0 Å². The van der Waals surface area contributed by atoms with Gasteiger partial charge in [0.2, 0.25) is 0 Å². The van der Waals surface area contributed by atoms with Crippen molar-refractivity contribution in [1.29, 1.82) is 0 Å². The quantitative estimate of drug-likeness (QED) is 0.887. The normalized spacial score (nSPS) is 16.5. The van der Waals surface area contributed by atoms with Gasteiger partial charge in [-0.05, 0) is 50.1 Å². The summed E-state index contributed by atoms with van der Waals surface area (Å²) in [5.41, 5.74) is 3.70. The first-order valence-corrected chi connectivity index (χ1v) is 7.17. The Balaban J connectivity index is 1.84. The van der Waals surface area contributed by atoms with Gasteiger partial charge in [-0.25, -0.2) is 4.68 Å². The van der Waals surface area contributed by atoms with E-state index < -0.39 is 0 Å². The smallest absolute Gasteiger partial charge is 0.0659 e. The maximum atomic E-state index is 4.69. The topological polar surface area (TPSA) is 29.9 Å². The standard InChI is InChI=1S/C16H21N3/c1-3-17-12(2)14-5-4-6-15(11-14)19-10-9-16(18-19)13-7-8-13/h4-6,9-13,17H,3,7-8H2,1-2H3. The maximum absolute atomic E-state index is 4.69. The summed E-state index contributed by atoms with van der Waals surface area (Å²) in [7, 11) is 0. The van der Waals surface area contributed by atoms with E-state index in [0.29, 0.717) is 12.0 Å². The molecular formula is C16H21N3. The van der Waals surface area contributed by atoms with E-state index in [1.807, 2.05) is 4.68 Å². The predicted molar refractivity (Wildman–Crippen MR) is 77.6 cm³/mol. The molecule has 1 aromatic carbocycles. The predicted octanol–water partition coefficient (Wildman–Crippen LogP) is 3.42. The molecule has 2 aromatic rings. The average molecular weight is 255 g/mol. The summed E-state index contributed by atoms with van der Waals surface area (Å²) in [6.45, 7) is 5.32. The zero-order valence-corrected chi connectivity index (χ0v) is 11.6. The lowest BCUT2D eigenvalue weighted by atomic mass is 10.1. The fourth-order valence-electron chi connectivity index (χ4n) is 2.44. The number of nitrogens with one attached hydrogen (secondary N) is 1. The molecule has 3 nitrogen and oxygen atoms in total. The van der Waals surface area contributed by atoms with Gasteiger partial charge in [-0.15, -0.1) is 0 Å². The maximum Gasteiger partial charge on any atom is 0.0659 e. The third kappa shape index (κ3) is 2.71. The molecule has 100 valence electrons. The van der Waals surface area contributed by atoms with Crippen LogP contribution in [0.25, 0.3) is 5.69 Å². The van der Waals surface area contributed by atoms with Crippen molar-refractivity contribution in [2.45, 2.75) is 38.6 Å². The van der Waals surface area contributed by atoms with E-state index in [1.165, 1.54) is 24.1 Å². The molecule has 1 saturated carbocycles. The molecule has 1 fully saturated rings. The Bertz CT molecular complexity index is 555. The molecule has 19 heavy (non-hydrogen) atoms. The van der Waals surface area contributed by atoms with Crippen LogP contribution in [0.15, 0.2) is 36.5 Å². The number of aromatic nitrogens is 2. The number of benzene rings is 1. The zero-order chi connectivity index (χ0) is 13.2. The van der Waals surface area contributed by atoms with E-state index in [2.05, 4.69) is 60.8 Å². The fourth-order valence-corrected chi connectivity index (χ4v) is 2.44. The lowest BCUT2D eigenvalue weighted by molar-refractivity contribution is 0.597. The molecule has 0 saturated heterocycles. The highest BCUT2D eigenvalue weighted by Gasteiger charge is 2.25. The van der Waals surface area contributed by atoms with Crippen LogP contribution in [0.2, 0.25) is 0 Å². The van der Waals surface area contributed by atoms with Gasteiger partial charge in [-0.1, -0.05) is 19.1 Å². The molecule has 1 unspecified atom stereocenters. The van der Waals surface area contributed by atoms with Crippen molar-refractivity contribution in [3.63, 3.8) is 0 Å². The van der Waals surface area contributed by atoms with Gasteiger partial charge in [-0.2, -0.15) is 5.10 Å². The van der Waals surface area contributed by atoms with E-state index in [4.69, 9.17) is 0 Å². The Labute approximate surface area is 114 Å². The van der Waals surface area contributed by atoms with Crippen molar-refractivity contribution in [3.05, 3.63) is 47.8 Å². The summed E-state index contributed by atoms with van der Waals surface area (Å²) in [5.74, 6) is 0.713. The number of nitrogens with zero attached hydrogens (tertiary/aromatic N) is 2. The molecule has 1 N–H and O–H groups in total. The van der Waals surface area contributed by atoms with Gasteiger partial charge in [0.15, 0.2) is 0 Å². The lowest BCUT2D eigenvalue weighted by Crippen LogP contribution is -2.17. The summed E-state index contributed by atoms with van der Waals surface area (Å²) in [5, 5.41) is 8.13. The number of hydrogen-bond acceptors (Lipinski definition) is 2. The molecule has 1 aromatic heterocycles. The third-order valence-corrected chi connectivity index (χ3v) is 3.75. The third-order valence-electron chi connectivity index (χ3n) is 3.75. The monoisotopic (exact) mass is 255 g/mol. The molecule has 1 aliphatic rings. The minimum atomic E-state index is 0.378. The second-order valence-electron chi connectivity index (χ2n) is 5.33. The SMILES string of the molecule is CCNC(C)c1cccc(-n2ccc(C3CC3)n2)c1.